The number of benzene rings is 1. The molecule has 0 unspecified atom stereocenters. The third-order valence-electron chi connectivity index (χ3n) is 8.29. The Labute approximate surface area is 258 Å². The van der Waals surface area contributed by atoms with Gasteiger partial charge in [0, 0.05) is 47.8 Å². The zero-order chi connectivity index (χ0) is 31.6. The number of pyridine rings is 1. The number of hydrogen-bond acceptors (Lipinski definition) is 5. The quantitative estimate of drug-likeness (QED) is 0.399. The van der Waals surface area contributed by atoms with Gasteiger partial charge in [-0.25, -0.2) is 18.2 Å². The minimum atomic E-state index is -2.80. The zero-order valence-corrected chi connectivity index (χ0v) is 24.8. The average Bonchev–Trinajstić information content (AvgIpc) is 3.38. The molecule has 44 heavy (non-hydrogen) atoms. The van der Waals surface area contributed by atoms with Crippen molar-refractivity contribution in [3.8, 4) is 6.07 Å². The van der Waals surface area contributed by atoms with Crippen LogP contribution >= 0.6 is 11.6 Å². The van der Waals surface area contributed by atoms with Crippen LogP contribution in [0.25, 0.3) is 0 Å². The van der Waals surface area contributed by atoms with E-state index in [0.29, 0.717) is 17.7 Å². The lowest BCUT2D eigenvalue weighted by Crippen LogP contribution is -2.52. The van der Waals surface area contributed by atoms with E-state index in [0.717, 1.165) is 16.9 Å². The minimum absolute atomic E-state index is 0.0105. The van der Waals surface area contributed by atoms with Crippen LogP contribution in [0.5, 0.6) is 0 Å². The van der Waals surface area contributed by atoms with Crippen molar-refractivity contribution in [2.75, 3.05) is 4.90 Å². The van der Waals surface area contributed by atoms with Gasteiger partial charge in [-0.05, 0) is 57.2 Å². The number of hydrogen-bond donors (Lipinski definition) is 1. The van der Waals surface area contributed by atoms with E-state index in [2.05, 4.69) is 10.3 Å². The van der Waals surface area contributed by atoms with E-state index in [1.807, 2.05) is 6.92 Å². The maximum absolute atomic E-state index is 15.3. The largest absolute Gasteiger partial charge is 0.351 e. The van der Waals surface area contributed by atoms with Gasteiger partial charge in [-0.1, -0.05) is 41.4 Å². The lowest BCUT2D eigenvalue weighted by molar-refractivity contribution is -0.140. The second-order valence-corrected chi connectivity index (χ2v) is 11.8. The van der Waals surface area contributed by atoms with E-state index >= 15 is 4.39 Å². The van der Waals surface area contributed by atoms with Gasteiger partial charge in [-0.3, -0.25) is 24.2 Å². The zero-order valence-electron chi connectivity index (χ0n) is 24.0. The summed E-state index contributed by atoms with van der Waals surface area (Å²) in [5.74, 6) is -6.13. The fourth-order valence-corrected chi connectivity index (χ4v) is 6.23. The summed E-state index contributed by atoms with van der Waals surface area (Å²) in [6.07, 6.45) is 5.38. The SMILES string of the molecule is CC1=CC(N(C(=O)[C@@H]2CCC(=O)N2c2nccc(C#N)c2F)[C@H](C(=O)NC2CCC(F)(F)CC2)c2ccccc2Cl)=CCC1. The number of nitriles is 1. The summed E-state index contributed by atoms with van der Waals surface area (Å²) in [4.78, 5) is 48.2. The van der Waals surface area contributed by atoms with Gasteiger partial charge in [0.25, 0.3) is 5.91 Å². The van der Waals surface area contributed by atoms with Crippen molar-refractivity contribution in [1.82, 2.24) is 15.2 Å². The monoisotopic (exact) mass is 625 g/mol. The van der Waals surface area contributed by atoms with Crippen molar-refractivity contribution < 1.29 is 27.6 Å². The number of nitrogens with one attached hydrogen (secondary N) is 1. The molecule has 1 aromatic carbocycles. The van der Waals surface area contributed by atoms with E-state index in [4.69, 9.17) is 11.6 Å². The summed E-state index contributed by atoms with van der Waals surface area (Å²) in [6, 6.07) is 6.29. The predicted molar refractivity (Wildman–Crippen MR) is 157 cm³/mol. The maximum Gasteiger partial charge on any atom is 0.251 e. The van der Waals surface area contributed by atoms with Crippen LogP contribution in [0.4, 0.5) is 19.0 Å². The lowest BCUT2D eigenvalue weighted by Gasteiger charge is -2.38. The topological polar surface area (TPSA) is 106 Å². The third-order valence-corrected chi connectivity index (χ3v) is 8.63. The van der Waals surface area contributed by atoms with Crippen LogP contribution in [0.2, 0.25) is 5.02 Å². The first-order valence-corrected chi connectivity index (χ1v) is 14.9. The second-order valence-electron chi connectivity index (χ2n) is 11.4. The number of carbonyl (C=O) groups excluding carboxylic acids is 3. The molecule has 1 saturated carbocycles. The van der Waals surface area contributed by atoms with Crippen LogP contribution in [-0.2, 0) is 14.4 Å². The standard InChI is InChI=1S/C32H31ClF3N5O3/c1-19-5-4-6-22(17-19)40(31(44)25-9-10-26(42)41(25)29-27(34)20(18-37)13-16-38-29)28(23-7-2-3-8-24(23)33)30(43)39-21-11-14-32(35,36)15-12-21/h2-3,6-8,13,16-17,21,25,28H,4-5,9-12,14-15H2,1H3,(H,39,43)/t25-,28-/m0/s1. The molecule has 0 bridgehead atoms. The highest BCUT2D eigenvalue weighted by Gasteiger charge is 2.46. The Kier molecular flexibility index (Phi) is 9.11. The van der Waals surface area contributed by atoms with Crippen molar-refractivity contribution in [1.29, 1.82) is 5.26 Å². The Morgan fingerprint density at radius 3 is 2.59 bits per heavy atom. The van der Waals surface area contributed by atoms with Crippen molar-refractivity contribution in [2.24, 2.45) is 0 Å². The molecule has 230 valence electrons. The van der Waals surface area contributed by atoms with Crippen LogP contribution in [0.1, 0.15) is 75.5 Å². The summed E-state index contributed by atoms with van der Waals surface area (Å²) in [7, 11) is 0. The molecule has 2 aliphatic carbocycles. The van der Waals surface area contributed by atoms with E-state index in [9.17, 15) is 28.4 Å². The molecule has 2 fully saturated rings. The van der Waals surface area contributed by atoms with Gasteiger partial charge < -0.3 is 5.32 Å². The fraction of sp³-hybridized carbons (Fsp3) is 0.406. The van der Waals surface area contributed by atoms with Gasteiger partial charge in [-0.2, -0.15) is 5.26 Å². The molecule has 1 N–H and O–H groups in total. The first kappa shape index (κ1) is 31.3. The summed E-state index contributed by atoms with van der Waals surface area (Å²) in [6.45, 7) is 1.89. The molecule has 1 aliphatic heterocycles. The lowest BCUT2D eigenvalue weighted by atomic mass is 9.91. The molecular formula is C32H31ClF3N5O3. The van der Waals surface area contributed by atoms with Gasteiger partial charge >= 0.3 is 0 Å². The molecule has 2 atom stereocenters. The normalized spacial score (nSPS) is 20.8. The van der Waals surface area contributed by atoms with Crippen LogP contribution in [0.15, 0.2) is 60.0 Å². The van der Waals surface area contributed by atoms with Gasteiger partial charge in [0.1, 0.15) is 18.2 Å². The average molecular weight is 626 g/mol. The van der Waals surface area contributed by atoms with Crippen molar-refractivity contribution in [3.63, 3.8) is 0 Å². The molecule has 1 saturated heterocycles. The summed E-state index contributed by atoms with van der Waals surface area (Å²) >= 11 is 6.61. The molecule has 3 aliphatic rings. The summed E-state index contributed by atoms with van der Waals surface area (Å²) < 4.78 is 43.1. The Bertz CT molecular complexity index is 1580. The maximum atomic E-state index is 15.3. The highest BCUT2D eigenvalue weighted by molar-refractivity contribution is 6.31. The van der Waals surface area contributed by atoms with Crippen LogP contribution in [0, 0.1) is 17.1 Å². The minimum Gasteiger partial charge on any atom is -0.351 e. The predicted octanol–water partition coefficient (Wildman–Crippen LogP) is 6.13. The molecule has 2 aromatic rings. The van der Waals surface area contributed by atoms with Crippen molar-refractivity contribution >= 4 is 35.1 Å². The van der Waals surface area contributed by atoms with E-state index in [-0.39, 0.29) is 49.1 Å². The fourth-order valence-electron chi connectivity index (χ4n) is 5.99. The number of halogens is 4. The molecule has 8 nitrogen and oxygen atoms in total. The Morgan fingerprint density at radius 2 is 1.91 bits per heavy atom. The summed E-state index contributed by atoms with van der Waals surface area (Å²) in [5, 5.41) is 12.4. The molecule has 3 amide bonds. The second kappa shape index (κ2) is 12.8. The molecule has 5 rings (SSSR count). The first-order valence-electron chi connectivity index (χ1n) is 14.5. The molecule has 12 heteroatoms. The molecule has 0 radical (unpaired) electrons. The van der Waals surface area contributed by atoms with Crippen molar-refractivity contribution in [3.05, 3.63) is 81.9 Å². The van der Waals surface area contributed by atoms with E-state index in [1.165, 1.54) is 17.2 Å². The number of allylic oxidation sites excluding steroid dienone is 3. The van der Waals surface area contributed by atoms with Crippen molar-refractivity contribution in [2.45, 2.75) is 82.3 Å². The molecule has 2 heterocycles. The molecule has 0 spiro atoms. The number of aromatic nitrogens is 1. The smallest absolute Gasteiger partial charge is 0.251 e. The van der Waals surface area contributed by atoms with Gasteiger partial charge in [-0.15, -0.1) is 0 Å². The van der Waals surface area contributed by atoms with E-state index < -0.39 is 53.4 Å². The number of alkyl halides is 2. The first-order chi connectivity index (χ1) is 21.0. The third kappa shape index (κ3) is 6.36. The highest BCUT2D eigenvalue weighted by atomic mass is 35.5. The van der Waals surface area contributed by atoms with E-state index in [1.54, 1.807) is 42.5 Å². The van der Waals surface area contributed by atoms with Crippen LogP contribution in [0.3, 0.4) is 0 Å². The number of carbonyl (C=O) groups is 3. The Morgan fingerprint density at radius 1 is 1.18 bits per heavy atom. The van der Waals surface area contributed by atoms with Gasteiger partial charge in [0.05, 0.1) is 5.56 Å². The van der Waals surface area contributed by atoms with Gasteiger partial charge in [0.2, 0.25) is 17.7 Å². The highest BCUT2D eigenvalue weighted by Crippen LogP contribution is 2.38. The number of amides is 3. The molecule has 1 aromatic heterocycles. The number of nitrogens with zero attached hydrogens (tertiary/aromatic N) is 4. The van der Waals surface area contributed by atoms with Crippen LogP contribution in [-0.4, -0.2) is 45.6 Å². The Hall–Kier alpha value is -4.17. The number of anilines is 1. The Balaban J connectivity index is 1.59. The van der Waals surface area contributed by atoms with Crippen LogP contribution < -0.4 is 10.2 Å². The number of rotatable bonds is 7. The summed E-state index contributed by atoms with van der Waals surface area (Å²) in [5.41, 5.74) is 1.30. The molecular weight excluding hydrogens is 595 g/mol. The van der Waals surface area contributed by atoms with Gasteiger partial charge in [0.15, 0.2) is 11.6 Å².